The van der Waals surface area contributed by atoms with Gasteiger partial charge in [-0.15, -0.1) is 0 Å². The van der Waals surface area contributed by atoms with Crippen LogP contribution in [0.15, 0.2) is 23.3 Å². The number of esters is 1. The van der Waals surface area contributed by atoms with Crippen LogP contribution in [0.4, 0.5) is 0 Å². The van der Waals surface area contributed by atoms with Gasteiger partial charge >= 0.3 is 5.97 Å². The second-order valence-electron chi connectivity index (χ2n) is 5.87. The van der Waals surface area contributed by atoms with Gasteiger partial charge < -0.3 is 9.84 Å². The summed E-state index contributed by atoms with van der Waals surface area (Å²) in [6.45, 7) is 6.05. The van der Waals surface area contributed by atoms with Gasteiger partial charge in [0.15, 0.2) is 0 Å². The van der Waals surface area contributed by atoms with Crippen molar-refractivity contribution < 1.29 is 14.6 Å². The number of hydrogen-bond acceptors (Lipinski definition) is 3. The summed E-state index contributed by atoms with van der Waals surface area (Å²) in [7, 11) is 1.41. The van der Waals surface area contributed by atoms with E-state index in [0.717, 1.165) is 31.3 Å². The fraction of sp³-hybridized carbons (Fsp3) is 0.688. The van der Waals surface area contributed by atoms with E-state index < -0.39 is 5.60 Å². The Balaban J connectivity index is 2.55. The fourth-order valence-corrected chi connectivity index (χ4v) is 2.57. The third-order valence-electron chi connectivity index (χ3n) is 3.94. The first-order valence-electron chi connectivity index (χ1n) is 7.00. The van der Waals surface area contributed by atoms with E-state index in [4.69, 9.17) is 4.74 Å². The highest BCUT2D eigenvalue weighted by Crippen LogP contribution is 2.35. The minimum atomic E-state index is -0.663. The molecule has 1 aliphatic carbocycles. The van der Waals surface area contributed by atoms with Gasteiger partial charge in [0.05, 0.1) is 12.7 Å². The average molecular weight is 266 g/mol. The molecule has 2 atom stereocenters. The van der Waals surface area contributed by atoms with Gasteiger partial charge in [-0.05, 0) is 58.8 Å². The lowest BCUT2D eigenvalue weighted by atomic mass is 9.76. The van der Waals surface area contributed by atoms with Crippen LogP contribution in [0.25, 0.3) is 0 Å². The maximum absolute atomic E-state index is 11.4. The Kier molecular flexibility index (Phi) is 5.80. The minimum absolute atomic E-state index is 0.228. The largest absolute Gasteiger partial charge is 0.466 e. The SMILES string of the molecule is COC(=O)C1=CCC([C@@](C)(O)CCC=C(C)C)CC1. The Hall–Kier alpha value is -1.09. The van der Waals surface area contributed by atoms with Crippen LogP contribution in [-0.4, -0.2) is 23.8 Å². The molecular weight excluding hydrogens is 240 g/mol. The number of rotatable bonds is 5. The molecule has 0 fully saturated rings. The second-order valence-corrected chi connectivity index (χ2v) is 5.87. The van der Waals surface area contributed by atoms with Crippen molar-refractivity contribution in [2.24, 2.45) is 5.92 Å². The third-order valence-corrected chi connectivity index (χ3v) is 3.94. The van der Waals surface area contributed by atoms with E-state index >= 15 is 0 Å². The maximum Gasteiger partial charge on any atom is 0.333 e. The van der Waals surface area contributed by atoms with Crippen LogP contribution in [0.3, 0.4) is 0 Å². The average Bonchev–Trinajstić information content (AvgIpc) is 2.37. The molecule has 1 rings (SSSR count). The smallest absolute Gasteiger partial charge is 0.333 e. The molecule has 0 bridgehead atoms. The van der Waals surface area contributed by atoms with Gasteiger partial charge in [0.2, 0.25) is 0 Å². The lowest BCUT2D eigenvalue weighted by Crippen LogP contribution is -2.35. The van der Waals surface area contributed by atoms with Crippen molar-refractivity contribution in [2.75, 3.05) is 7.11 Å². The summed E-state index contributed by atoms with van der Waals surface area (Å²) in [6, 6.07) is 0. The molecule has 19 heavy (non-hydrogen) atoms. The topological polar surface area (TPSA) is 46.5 Å². The summed E-state index contributed by atoms with van der Waals surface area (Å²) in [4.78, 5) is 11.4. The summed E-state index contributed by atoms with van der Waals surface area (Å²) in [5.74, 6) is -0.00546. The van der Waals surface area contributed by atoms with E-state index in [2.05, 4.69) is 19.9 Å². The second kappa shape index (κ2) is 6.90. The van der Waals surface area contributed by atoms with Gasteiger partial charge in [-0.3, -0.25) is 0 Å². The van der Waals surface area contributed by atoms with Crippen molar-refractivity contribution in [3.8, 4) is 0 Å². The molecule has 0 aliphatic heterocycles. The van der Waals surface area contributed by atoms with E-state index in [0.29, 0.717) is 6.42 Å². The van der Waals surface area contributed by atoms with Gasteiger partial charge in [0.25, 0.3) is 0 Å². The molecule has 3 heteroatoms. The molecule has 0 aromatic heterocycles. The molecule has 0 heterocycles. The van der Waals surface area contributed by atoms with Gasteiger partial charge in [0, 0.05) is 5.57 Å². The molecule has 1 unspecified atom stereocenters. The number of allylic oxidation sites excluding steroid dienone is 3. The Morgan fingerprint density at radius 3 is 2.74 bits per heavy atom. The molecular formula is C16H26O3. The van der Waals surface area contributed by atoms with Gasteiger partial charge in [0.1, 0.15) is 0 Å². The molecule has 3 nitrogen and oxygen atoms in total. The number of carbonyl (C=O) groups excluding carboxylic acids is 1. The summed E-state index contributed by atoms with van der Waals surface area (Å²) in [6.07, 6.45) is 8.07. The van der Waals surface area contributed by atoms with Gasteiger partial charge in [-0.25, -0.2) is 4.79 Å². The highest BCUT2D eigenvalue weighted by Gasteiger charge is 2.33. The Bertz CT molecular complexity index is 373. The number of methoxy groups -OCH3 is 1. The van der Waals surface area contributed by atoms with E-state index in [1.165, 1.54) is 12.7 Å². The highest BCUT2D eigenvalue weighted by atomic mass is 16.5. The van der Waals surface area contributed by atoms with E-state index in [9.17, 15) is 9.90 Å². The molecule has 1 N–H and O–H groups in total. The van der Waals surface area contributed by atoms with Gasteiger partial charge in [-0.1, -0.05) is 17.7 Å². The van der Waals surface area contributed by atoms with Crippen LogP contribution in [0.5, 0.6) is 0 Å². The molecule has 108 valence electrons. The normalized spacial score (nSPS) is 22.2. The highest BCUT2D eigenvalue weighted by molar-refractivity contribution is 5.88. The van der Waals surface area contributed by atoms with E-state index in [-0.39, 0.29) is 11.9 Å². The van der Waals surface area contributed by atoms with E-state index in [1.807, 2.05) is 13.0 Å². The fourth-order valence-electron chi connectivity index (χ4n) is 2.57. The van der Waals surface area contributed by atoms with Crippen molar-refractivity contribution in [1.82, 2.24) is 0 Å². The monoisotopic (exact) mass is 266 g/mol. The Morgan fingerprint density at radius 2 is 2.26 bits per heavy atom. The van der Waals surface area contributed by atoms with Crippen LogP contribution >= 0.6 is 0 Å². The zero-order valence-corrected chi connectivity index (χ0v) is 12.5. The first-order chi connectivity index (χ1) is 8.86. The zero-order chi connectivity index (χ0) is 14.5. The number of carbonyl (C=O) groups is 1. The molecule has 0 amide bonds. The number of aliphatic hydroxyl groups is 1. The standard InChI is InChI=1S/C16H26O3/c1-12(2)6-5-11-16(3,18)14-9-7-13(8-10-14)15(17)19-4/h6-7,14,18H,5,8-11H2,1-4H3/t14?,16-/m0/s1. The summed E-state index contributed by atoms with van der Waals surface area (Å²) in [5, 5.41) is 10.6. The van der Waals surface area contributed by atoms with Crippen LogP contribution < -0.4 is 0 Å². The van der Waals surface area contributed by atoms with Crippen LogP contribution in [0.2, 0.25) is 0 Å². The van der Waals surface area contributed by atoms with Crippen LogP contribution in [0, 0.1) is 5.92 Å². The summed E-state index contributed by atoms with van der Waals surface area (Å²) in [5.41, 5.74) is 1.37. The summed E-state index contributed by atoms with van der Waals surface area (Å²) < 4.78 is 4.72. The first kappa shape index (κ1) is 16.0. The van der Waals surface area contributed by atoms with E-state index in [1.54, 1.807) is 0 Å². The third kappa shape index (κ3) is 4.83. The van der Waals surface area contributed by atoms with Crippen molar-refractivity contribution in [2.45, 2.75) is 58.5 Å². The Morgan fingerprint density at radius 1 is 1.58 bits per heavy atom. The predicted octanol–water partition coefficient (Wildman–Crippen LogP) is 3.38. The molecule has 0 spiro atoms. The van der Waals surface area contributed by atoms with Crippen molar-refractivity contribution >= 4 is 5.97 Å². The van der Waals surface area contributed by atoms with Gasteiger partial charge in [-0.2, -0.15) is 0 Å². The van der Waals surface area contributed by atoms with Crippen molar-refractivity contribution in [3.63, 3.8) is 0 Å². The quantitative estimate of drug-likeness (QED) is 0.613. The van der Waals surface area contributed by atoms with Crippen LogP contribution in [0.1, 0.15) is 52.9 Å². The summed E-state index contributed by atoms with van der Waals surface area (Å²) >= 11 is 0. The lowest BCUT2D eigenvalue weighted by molar-refractivity contribution is -0.136. The number of hydrogen-bond donors (Lipinski definition) is 1. The predicted molar refractivity (Wildman–Crippen MR) is 76.7 cm³/mol. The molecule has 1 aliphatic rings. The van der Waals surface area contributed by atoms with Crippen molar-refractivity contribution in [1.29, 1.82) is 0 Å². The molecule has 0 radical (unpaired) electrons. The van der Waals surface area contributed by atoms with Crippen LogP contribution in [-0.2, 0) is 9.53 Å². The molecule has 0 aromatic carbocycles. The molecule has 0 saturated carbocycles. The first-order valence-corrected chi connectivity index (χ1v) is 7.00. The zero-order valence-electron chi connectivity index (χ0n) is 12.5. The molecule has 0 aromatic rings. The number of ether oxygens (including phenoxy) is 1. The Labute approximate surface area is 116 Å². The lowest BCUT2D eigenvalue weighted by Gasteiger charge is -2.34. The van der Waals surface area contributed by atoms with Crippen molar-refractivity contribution in [3.05, 3.63) is 23.3 Å². The maximum atomic E-state index is 11.4. The molecule has 0 saturated heterocycles. The minimum Gasteiger partial charge on any atom is -0.466 e.